The van der Waals surface area contributed by atoms with Crippen molar-refractivity contribution in [3.63, 3.8) is 0 Å². The molecule has 0 saturated carbocycles. The van der Waals surface area contributed by atoms with E-state index in [1.54, 1.807) is 6.92 Å². The van der Waals surface area contributed by atoms with Gasteiger partial charge in [-0.05, 0) is 36.8 Å². The fraction of sp³-hybridized carbons (Fsp3) is 0.562. The van der Waals surface area contributed by atoms with E-state index in [4.69, 9.17) is 0 Å². The van der Waals surface area contributed by atoms with Crippen LogP contribution in [-0.4, -0.2) is 39.2 Å². The van der Waals surface area contributed by atoms with Crippen molar-refractivity contribution in [1.82, 2.24) is 4.90 Å². The Morgan fingerprint density at radius 2 is 2.17 bits per heavy atom. The first-order valence-electron chi connectivity index (χ1n) is 7.70. The van der Waals surface area contributed by atoms with Crippen LogP contribution < -0.4 is 0 Å². The van der Waals surface area contributed by atoms with Gasteiger partial charge in [-0.25, -0.2) is 4.79 Å². The number of phenols is 1. The molecule has 0 saturated heterocycles. The molecule has 0 spiro atoms. The van der Waals surface area contributed by atoms with Crippen LogP contribution in [0.15, 0.2) is 6.07 Å². The summed E-state index contributed by atoms with van der Waals surface area (Å²) >= 11 is 0. The maximum absolute atomic E-state index is 11.4. The maximum atomic E-state index is 11.4. The lowest BCUT2D eigenvalue weighted by atomic mass is 9.85. The molecule has 1 amide bonds. The predicted octanol–water partition coefficient (Wildman–Crippen LogP) is 3.27. The number of benzene rings is 1. The van der Waals surface area contributed by atoms with Crippen LogP contribution in [0.2, 0.25) is 0 Å². The number of amides is 1. The summed E-state index contributed by atoms with van der Waals surface area (Å²) in [7, 11) is 0. The zero-order valence-corrected chi connectivity index (χ0v) is 13.6. The van der Waals surface area contributed by atoms with Crippen molar-refractivity contribution < 1.29 is 19.9 Å². The number of aromatic hydroxyl groups is 1. The van der Waals surface area contributed by atoms with Crippen LogP contribution in [0.4, 0.5) is 10.5 Å². The highest BCUT2D eigenvalue weighted by atomic mass is 16.6. The van der Waals surface area contributed by atoms with Crippen molar-refractivity contribution in [2.24, 2.45) is 5.92 Å². The molecule has 7 nitrogen and oxygen atoms in total. The molecule has 1 aromatic rings. The lowest BCUT2D eigenvalue weighted by Gasteiger charge is -2.24. The molecule has 126 valence electrons. The molecule has 1 atom stereocenters. The molecule has 0 fully saturated rings. The molecule has 0 bridgehead atoms. The minimum absolute atomic E-state index is 0.110. The van der Waals surface area contributed by atoms with Crippen molar-refractivity contribution in [3.05, 3.63) is 32.9 Å². The van der Waals surface area contributed by atoms with Gasteiger partial charge in [-0.3, -0.25) is 10.1 Å². The monoisotopic (exact) mass is 322 g/mol. The van der Waals surface area contributed by atoms with E-state index < -0.39 is 11.0 Å². The Bertz CT molecular complexity index is 642. The predicted molar refractivity (Wildman–Crippen MR) is 85.0 cm³/mol. The number of hydrogen-bond donors (Lipinski definition) is 2. The molecule has 2 N–H and O–H groups in total. The molecular formula is C16H22N2O5. The van der Waals surface area contributed by atoms with Crippen LogP contribution in [0.3, 0.4) is 0 Å². The Kier molecular flexibility index (Phi) is 4.77. The van der Waals surface area contributed by atoms with Crippen LogP contribution >= 0.6 is 0 Å². The van der Waals surface area contributed by atoms with Crippen molar-refractivity contribution in [2.75, 3.05) is 13.1 Å². The van der Waals surface area contributed by atoms with E-state index >= 15 is 0 Å². The quantitative estimate of drug-likeness (QED) is 0.656. The van der Waals surface area contributed by atoms with Gasteiger partial charge in [-0.1, -0.05) is 13.8 Å². The van der Waals surface area contributed by atoms with E-state index in [1.165, 1.54) is 11.0 Å². The molecule has 1 unspecified atom stereocenters. The van der Waals surface area contributed by atoms with Gasteiger partial charge >= 0.3 is 11.8 Å². The smallest absolute Gasteiger partial charge is 0.407 e. The summed E-state index contributed by atoms with van der Waals surface area (Å²) in [6.45, 7) is 6.38. The van der Waals surface area contributed by atoms with E-state index in [2.05, 4.69) is 0 Å². The van der Waals surface area contributed by atoms with Crippen LogP contribution in [0.25, 0.3) is 0 Å². The lowest BCUT2D eigenvalue weighted by molar-refractivity contribution is -0.386. The Hall–Kier alpha value is -2.31. The average Bonchev–Trinajstić information content (AvgIpc) is 2.62. The average molecular weight is 322 g/mol. The highest BCUT2D eigenvalue weighted by Crippen LogP contribution is 2.40. The SMILES string of the molecule is Cc1c(O)c([N+](=O)[O-])cc2c1CCN(C(=O)O)CC2CC(C)C. The topological polar surface area (TPSA) is 104 Å². The van der Waals surface area contributed by atoms with Gasteiger partial charge in [0, 0.05) is 30.6 Å². The number of nitro groups is 1. The summed E-state index contributed by atoms with van der Waals surface area (Å²) < 4.78 is 0. The van der Waals surface area contributed by atoms with Gasteiger partial charge in [-0.2, -0.15) is 0 Å². The van der Waals surface area contributed by atoms with Crippen LogP contribution in [0.1, 0.15) is 42.9 Å². The molecule has 23 heavy (non-hydrogen) atoms. The fourth-order valence-corrected chi connectivity index (χ4v) is 3.34. The van der Waals surface area contributed by atoms with Crippen molar-refractivity contribution in [2.45, 2.75) is 39.5 Å². The third-order valence-corrected chi connectivity index (χ3v) is 4.43. The van der Waals surface area contributed by atoms with Crippen LogP contribution in [-0.2, 0) is 6.42 Å². The zero-order chi connectivity index (χ0) is 17.3. The number of carbonyl (C=O) groups is 1. The molecular weight excluding hydrogens is 300 g/mol. The molecule has 7 heteroatoms. The van der Waals surface area contributed by atoms with E-state index in [0.29, 0.717) is 31.0 Å². The number of fused-ring (bicyclic) bond motifs is 1. The van der Waals surface area contributed by atoms with E-state index in [1.807, 2.05) is 13.8 Å². The summed E-state index contributed by atoms with van der Waals surface area (Å²) in [5, 5.41) is 30.6. The standard InChI is InChI=1S/C16H22N2O5/c1-9(2)6-11-8-17(16(20)21)5-4-12-10(3)15(19)14(18(22)23)7-13(11)12/h7,9,11,19H,4-6,8H2,1-3H3,(H,20,21). The number of nitro benzene ring substituents is 1. The largest absolute Gasteiger partial charge is 0.502 e. The molecule has 2 rings (SSSR count). The number of phenolic OH excluding ortho intramolecular Hbond substituents is 1. The molecule has 0 aliphatic carbocycles. The van der Waals surface area contributed by atoms with Gasteiger partial charge in [0.1, 0.15) is 0 Å². The first kappa shape index (κ1) is 17.1. The summed E-state index contributed by atoms with van der Waals surface area (Å²) in [6.07, 6.45) is 0.203. The Morgan fingerprint density at radius 3 is 2.70 bits per heavy atom. The minimum Gasteiger partial charge on any atom is -0.502 e. The third-order valence-electron chi connectivity index (χ3n) is 4.43. The second-order valence-corrected chi connectivity index (χ2v) is 6.50. The highest BCUT2D eigenvalue weighted by Gasteiger charge is 2.31. The summed E-state index contributed by atoms with van der Waals surface area (Å²) in [4.78, 5) is 23.3. The van der Waals surface area contributed by atoms with Gasteiger partial charge < -0.3 is 15.1 Å². The minimum atomic E-state index is -0.983. The highest BCUT2D eigenvalue weighted by molar-refractivity contribution is 5.66. The molecule has 1 aliphatic heterocycles. The van der Waals surface area contributed by atoms with Gasteiger partial charge in [0.25, 0.3) is 0 Å². The normalized spacial score (nSPS) is 17.7. The Labute approximate surface area is 134 Å². The molecule has 1 heterocycles. The van der Waals surface area contributed by atoms with Gasteiger partial charge in [0.05, 0.1) is 4.92 Å². The lowest BCUT2D eigenvalue weighted by Crippen LogP contribution is -2.33. The van der Waals surface area contributed by atoms with Gasteiger partial charge in [0.2, 0.25) is 0 Å². The van der Waals surface area contributed by atoms with E-state index in [9.17, 15) is 25.1 Å². The number of hydrogen-bond acceptors (Lipinski definition) is 4. The van der Waals surface area contributed by atoms with E-state index in [0.717, 1.165) is 17.5 Å². The third kappa shape index (κ3) is 3.38. The summed E-state index contributed by atoms with van der Waals surface area (Å²) in [6, 6.07) is 1.43. The first-order chi connectivity index (χ1) is 10.7. The Morgan fingerprint density at radius 1 is 1.52 bits per heavy atom. The molecule has 0 radical (unpaired) electrons. The fourth-order valence-electron chi connectivity index (χ4n) is 3.34. The van der Waals surface area contributed by atoms with E-state index in [-0.39, 0.29) is 17.4 Å². The maximum Gasteiger partial charge on any atom is 0.407 e. The van der Waals surface area contributed by atoms with Crippen molar-refractivity contribution in [3.8, 4) is 5.75 Å². The number of nitrogens with zero attached hydrogens (tertiary/aromatic N) is 2. The number of carboxylic acid groups (broad SMARTS) is 1. The second kappa shape index (κ2) is 6.44. The van der Waals surface area contributed by atoms with Gasteiger partial charge in [-0.15, -0.1) is 0 Å². The van der Waals surface area contributed by atoms with Crippen LogP contribution in [0, 0.1) is 23.0 Å². The summed E-state index contributed by atoms with van der Waals surface area (Å²) in [5.41, 5.74) is 1.81. The van der Waals surface area contributed by atoms with Crippen molar-refractivity contribution in [1.29, 1.82) is 0 Å². The van der Waals surface area contributed by atoms with Gasteiger partial charge in [0.15, 0.2) is 5.75 Å². The van der Waals surface area contributed by atoms with Crippen molar-refractivity contribution >= 4 is 11.8 Å². The Balaban J connectivity index is 2.58. The zero-order valence-electron chi connectivity index (χ0n) is 13.6. The first-order valence-corrected chi connectivity index (χ1v) is 7.70. The molecule has 1 aromatic carbocycles. The summed E-state index contributed by atoms with van der Waals surface area (Å²) in [5.74, 6) is -0.0998. The molecule has 1 aliphatic rings. The second-order valence-electron chi connectivity index (χ2n) is 6.50. The van der Waals surface area contributed by atoms with Crippen LogP contribution in [0.5, 0.6) is 5.75 Å². The molecule has 0 aromatic heterocycles. The number of rotatable bonds is 3.